The van der Waals surface area contributed by atoms with Crippen molar-refractivity contribution in [3.05, 3.63) is 107 Å². The predicted molar refractivity (Wildman–Crippen MR) is 220 cm³/mol. The summed E-state index contributed by atoms with van der Waals surface area (Å²) in [5.41, 5.74) is -0.154. The van der Waals surface area contributed by atoms with Crippen LogP contribution in [-0.2, 0) is 6.54 Å². The van der Waals surface area contributed by atoms with Gasteiger partial charge in [0.05, 0.1) is 51.9 Å². The van der Waals surface area contributed by atoms with Crippen LogP contribution in [0.1, 0.15) is 33.6 Å². The second-order valence-corrected chi connectivity index (χ2v) is 14.2. The van der Waals surface area contributed by atoms with Crippen LogP contribution in [0.2, 0.25) is 0 Å². The lowest BCUT2D eigenvalue weighted by Crippen LogP contribution is -2.41. The maximum absolute atomic E-state index is 14.3. The first kappa shape index (κ1) is 40.6. The minimum Gasteiger partial charge on any atom is -0.493 e. The summed E-state index contributed by atoms with van der Waals surface area (Å²) in [6.45, 7) is 2.37. The number of aromatic nitrogens is 2. The number of benzene rings is 4. The second-order valence-electron chi connectivity index (χ2n) is 14.2. The number of rotatable bonds is 15. The topological polar surface area (TPSA) is 178 Å². The van der Waals surface area contributed by atoms with E-state index in [0.717, 1.165) is 4.90 Å². The minimum absolute atomic E-state index is 0. The number of amides is 2. The first-order valence-corrected chi connectivity index (χ1v) is 18.1. The van der Waals surface area contributed by atoms with Crippen LogP contribution in [0.3, 0.4) is 0 Å². The summed E-state index contributed by atoms with van der Waals surface area (Å²) in [6.07, 6.45) is 1.12. The van der Waals surface area contributed by atoms with Crippen molar-refractivity contribution in [3.63, 3.8) is 0 Å². The molecule has 4 aromatic carbocycles. The lowest BCUT2D eigenvalue weighted by Gasteiger charge is -2.27. The Morgan fingerprint density at radius 3 is 2.19 bits per heavy atom. The molecule has 0 saturated carbocycles. The van der Waals surface area contributed by atoms with Gasteiger partial charge in [0.25, 0.3) is 23.1 Å². The molecule has 57 heavy (non-hydrogen) atoms. The highest BCUT2D eigenvalue weighted by Crippen LogP contribution is 2.35. The van der Waals surface area contributed by atoms with Gasteiger partial charge in [0.1, 0.15) is 0 Å². The molecule has 0 unspecified atom stereocenters. The molecule has 298 valence electrons. The predicted octanol–water partition coefficient (Wildman–Crippen LogP) is 4.05. The molecule has 6 aromatic rings. The van der Waals surface area contributed by atoms with E-state index in [9.17, 15) is 34.1 Å². The smallest absolute Gasteiger partial charge is 0.336 e. The Bertz CT molecular complexity index is 2770. The molecule has 0 aliphatic carbocycles. The van der Waals surface area contributed by atoms with Crippen LogP contribution < -0.4 is 31.5 Å². The van der Waals surface area contributed by atoms with E-state index in [-0.39, 0.29) is 63.9 Å². The number of nitrogens with one attached hydrogen (secondary N) is 1. The highest BCUT2D eigenvalue weighted by Gasteiger charge is 2.34. The highest BCUT2D eigenvalue weighted by atomic mass is 35.5. The zero-order chi connectivity index (χ0) is 40.0. The normalized spacial score (nSPS) is 12.7. The van der Waals surface area contributed by atoms with Crippen molar-refractivity contribution in [2.45, 2.75) is 19.4 Å². The van der Waals surface area contributed by atoms with Crippen molar-refractivity contribution >= 4 is 73.6 Å². The first-order chi connectivity index (χ1) is 26.9. The Hall–Kier alpha value is -6.10. The quantitative estimate of drug-likeness (QED) is 0.0394. The van der Waals surface area contributed by atoms with Gasteiger partial charge in [-0.25, -0.2) is 4.79 Å². The molecule has 2 amide bonds. The first-order valence-electron chi connectivity index (χ1n) is 18.1. The summed E-state index contributed by atoms with van der Waals surface area (Å²) in [7, 11) is 8.55. The number of fused-ring (bicyclic) bond motifs is 2. The fourth-order valence-corrected chi connectivity index (χ4v) is 7.55. The van der Waals surface area contributed by atoms with E-state index in [0.29, 0.717) is 78.1 Å². The molecule has 2 aromatic heterocycles. The molecule has 0 saturated heterocycles. The maximum Gasteiger partial charge on any atom is 0.336 e. The van der Waals surface area contributed by atoms with Crippen molar-refractivity contribution in [2.24, 2.45) is 0 Å². The maximum atomic E-state index is 14.3. The molecule has 0 bridgehead atoms. The number of pyridine rings is 1. The molecule has 0 fully saturated rings. The number of hydrogen-bond acceptors (Lipinski definition) is 12. The van der Waals surface area contributed by atoms with Crippen LogP contribution in [0.15, 0.2) is 69.0 Å². The summed E-state index contributed by atoms with van der Waals surface area (Å²) in [6, 6.07) is 14.0. The number of carbonyl (C=O) groups excluding carboxylic acids is 2. The lowest BCUT2D eigenvalue weighted by atomic mass is 9.93. The van der Waals surface area contributed by atoms with Crippen LogP contribution in [0.25, 0.3) is 38.0 Å². The van der Waals surface area contributed by atoms with Crippen LogP contribution in [0.5, 0.6) is 11.5 Å². The number of non-ortho nitro benzene ring substituents is 1. The van der Waals surface area contributed by atoms with E-state index < -0.39 is 28.0 Å². The van der Waals surface area contributed by atoms with Crippen molar-refractivity contribution in [1.82, 2.24) is 23.7 Å². The number of anilines is 1. The van der Waals surface area contributed by atoms with E-state index in [1.807, 2.05) is 26.0 Å². The molecular weight excluding hydrogens is 758 g/mol. The third kappa shape index (κ3) is 7.11. The Labute approximate surface area is 331 Å². The van der Waals surface area contributed by atoms with Gasteiger partial charge in [-0.3, -0.25) is 43.2 Å². The molecular formula is C40H42ClN7O9. The fraction of sp³-hybridized carbons (Fsp3) is 0.325. The number of hydrogen-bond donors (Lipinski definition) is 1. The molecule has 1 aliphatic heterocycles. The second kappa shape index (κ2) is 16.2. The molecule has 0 atom stereocenters. The van der Waals surface area contributed by atoms with Gasteiger partial charge in [-0.2, -0.15) is 0 Å². The third-order valence-electron chi connectivity index (χ3n) is 10.4. The molecule has 0 spiro atoms. The van der Waals surface area contributed by atoms with Crippen molar-refractivity contribution in [2.75, 3.05) is 73.4 Å². The molecule has 0 radical (unpaired) electrons. The number of likely N-dealkylation sites (N-methyl/N-ethyl adjacent to an activating group) is 1. The van der Waals surface area contributed by atoms with Crippen LogP contribution in [-0.4, -0.2) is 108 Å². The Morgan fingerprint density at radius 1 is 0.789 bits per heavy atom. The largest absolute Gasteiger partial charge is 0.493 e. The van der Waals surface area contributed by atoms with E-state index in [1.165, 1.54) is 35.3 Å². The Morgan fingerprint density at radius 2 is 1.49 bits per heavy atom. The summed E-state index contributed by atoms with van der Waals surface area (Å²) >= 11 is 0. The molecule has 7 rings (SSSR count). The zero-order valence-electron chi connectivity index (χ0n) is 32.1. The van der Waals surface area contributed by atoms with Gasteiger partial charge in [0.15, 0.2) is 16.9 Å². The number of imide groups is 1. The highest BCUT2D eigenvalue weighted by molar-refractivity contribution is 6.25. The zero-order valence-corrected chi connectivity index (χ0v) is 32.9. The van der Waals surface area contributed by atoms with Crippen molar-refractivity contribution in [1.29, 1.82) is 0 Å². The summed E-state index contributed by atoms with van der Waals surface area (Å²) < 4.78 is 13.6. The lowest BCUT2D eigenvalue weighted by molar-refractivity contribution is -0.384. The van der Waals surface area contributed by atoms with Gasteiger partial charge in [-0.1, -0.05) is 12.1 Å². The number of carbonyl (C=O) groups is 2. The number of methoxy groups -OCH3 is 2. The van der Waals surface area contributed by atoms with E-state index in [1.54, 1.807) is 42.5 Å². The summed E-state index contributed by atoms with van der Waals surface area (Å²) in [4.78, 5) is 84.9. The average Bonchev–Trinajstić information content (AvgIpc) is 3.18. The number of nitrogens with zero attached hydrogens (tertiary/aromatic N) is 6. The number of ether oxygens (including phenoxy) is 2. The molecule has 17 heteroatoms. The SMILES string of the molecule is COc1cc2c(=O)c3c(NCCCN(C)CCCN4C(=O)c5cccc6cc([N+](=O)[O-])cc(c56)C4=O)ccc4c(=O)n(CCN(C)C)c(=O)n(c2cc1OC)c43.Cl. The van der Waals surface area contributed by atoms with Crippen LogP contribution in [0.4, 0.5) is 11.4 Å². The number of nitro benzene ring substituents is 1. The van der Waals surface area contributed by atoms with Gasteiger partial charge >= 0.3 is 5.69 Å². The molecule has 1 aliphatic rings. The summed E-state index contributed by atoms with van der Waals surface area (Å²) in [5, 5.41) is 16.5. The van der Waals surface area contributed by atoms with Crippen LogP contribution in [0, 0.1) is 10.1 Å². The Balaban J connectivity index is 0.00000549. The van der Waals surface area contributed by atoms with Gasteiger partial charge in [-0.15, -0.1) is 12.4 Å². The van der Waals surface area contributed by atoms with Crippen molar-refractivity contribution < 1.29 is 24.0 Å². The number of nitro groups is 1. The van der Waals surface area contributed by atoms with Gasteiger partial charge in [0.2, 0.25) is 0 Å². The molecule has 1 N–H and O–H groups in total. The van der Waals surface area contributed by atoms with E-state index in [4.69, 9.17) is 9.47 Å². The number of halogens is 1. The monoisotopic (exact) mass is 799 g/mol. The Kier molecular flexibility index (Phi) is 11.5. The standard InChI is InChI=1S/C40H41N7O9.ClH/c1-42(2)17-18-45-38(50)26-11-12-29(34-35(26)46(40(45)52)30-22-32(56-5)31(55-4)21-27(30)36(34)48)41-13-7-14-43(3)15-8-16-44-37(49)25-10-6-9-23-19-24(47(53)54)20-28(33(23)25)39(44)51;/h6,9-12,19-22,41H,7-8,13-18H2,1-5H3;1H. The van der Waals surface area contributed by atoms with E-state index in [2.05, 4.69) is 10.2 Å². The van der Waals surface area contributed by atoms with Gasteiger partial charge < -0.3 is 24.6 Å². The van der Waals surface area contributed by atoms with Crippen LogP contribution >= 0.6 is 12.4 Å². The van der Waals surface area contributed by atoms with E-state index >= 15 is 0 Å². The summed E-state index contributed by atoms with van der Waals surface area (Å²) in [5.74, 6) is -0.334. The molecule has 16 nitrogen and oxygen atoms in total. The minimum atomic E-state index is -0.569. The molecule has 3 heterocycles. The van der Waals surface area contributed by atoms with Gasteiger partial charge in [-0.05, 0) is 76.7 Å². The third-order valence-corrected chi connectivity index (χ3v) is 10.4. The fourth-order valence-electron chi connectivity index (χ4n) is 7.55. The van der Waals surface area contributed by atoms with Gasteiger partial charge in [0, 0.05) is 61.0 Å². The van der Waals surface area contributed by atoms with Crippen molar-refractivity contribution in [3.8, 4) is 11.5 Å². The average molecular weight is 800 g/mol.